The summed E-state index contributed by atoms with van der Waals surface area (Å²) in [7, 11) is 0. The summed E-state index contributed by atoms with van der Waals surface area (Å²) in [6, 6.07) is 0. The Hall–Kier alpha value is -1.65. The van der Waals surface area contributed by atoms with Crippen LogP contribution < -0.4 is 5.56 Å². The van der Waals surface area contributed by atoms with E-state index in [4.69, 9.17) is 0 Å². The van der Waals surface area contributed by atoms with E-state index >= 15 is 0 Å². The van der Waals surface area contributed by atoms with Gasteiger partial charge in [-0.15, -0.1) is 0 Å². The Morgan fingerprint density at radius 1 is 1.06 bits per heavy atom. The molecule has 0 aliphatic rings. The second kappa shape index (κ2) is 3.73. The van der Waals surface area contributed by atoms with Crippen molar-refractivity contribution in [3.05, 3.63) is 21.9 Å². The van der Waals surface area contributed by atoms with Crippen molar-refractivity contribution < 1.29 is 0 Å². The van der Waals surface area contributed by atoms with Crippen molar-refractivity contribution >= 4 is 11.0 Å². The van der Waals surface area contributed by atoms with Gasteiger partial charge in [0, 0.05) is 5.92 Å². The van der Waals surface area contributed by atoms with E-state index in [1.54, 1.807) is 0 Å². The van der Waals surface area contributed by atoms with Crippen LogP contribution in [-0.2, 0) is 0 Å². The van der Waals surface area contributed by atoms with Gasteiger partial charge in [0.2, 0.25) is 0 Å². The summed E-state index contributed by atoms with van der Waals surface area (Å²) < 4.78 is 0. The maximum Gasteiger partial charge on any atom is 0.279 e. The van der Waals surface area contributed by atoms with E-state index < -0.39 is 0 Å². The van der Waals surface area contributed by atoms with Gasteiger partial charge < -0.3 is 4.98 Å². The third-order valence-electron chi connectivity index (χ3n) is 2.58. The molecule has 0 radical (unpaired) electrons. The Bertz CT molecular complexity index is 565. The number of aromatic amines is 2. The highest BCUT2D eigenvalue weighted by Gasteiger charge is 2.15. The second-order valence-corrected chi connectivity index (χ2v) is 4.60. The van der Waals surface area contributed by atoms with Crippen LogP contribution in [0.3, 0.4) is 0 Å². The second-order valence-electron chi connectivity index (χ2n) is 4.60. The first-order valence-electron chi connectivity index (χ1n) is 5.49. The predicted octanol–water partition coefficient (Wildman–Crippen LogP) is 1.89. The number of aromatic nitrogens is 4. The third kappa shape index (κ3) is 1.62. The number of hydrogen-bond acceptors (Lipinski definition) is 3. The molecule has 2 heterocycles. The SMILES string of the molecule is CC(C)c1nc2c(C(C)C)[nH]nc2c(=O)[nH]1. The van der Waals surface area contributed by atoms with Crippen molar-refractivity contribution in [3.63, 3.8) is 0 Å². The molecule has 0 aromatic carbocycles. The Kier molecular flexibility index (Phi) is 2.53. The molecule has 5 nitrogen and oxygen atoms in total. The summed E-state index contributed by atoms with van der Waals surface area (Å²) in [5.74, 6) is 1.19. The minimum absolute atomic E-state index is 0.170. The van der Waals surface area contributed by atoms with Gasteiger partial charge in [0.25, 0.3) is 5.56 Å². The molecule has 16 heavy (non-hydrogen) atoms. The average Bonchev–Trinajstić information content (AvgIpc) is 2.61. The lowest BCUT2D eigenvalue weighted by Crippen LogP contribution is -2.12. The van der Waals surface area contributed by atoms with Gasteiger partial charge in [-0.3, -0.25) is 9.89 Å². The summed E-state index contributed by atoms with van der Waals surface area (Å²) >= 11 is 0. The Morgan fingerprint density at radius 2 is 1.75 bits per heavy atom. The first-order valence-corrected chi connectivity index (χ1v) is 5.49. The van der Waals surface area contributed by atoms with Crippen molar-refractivity contribution in [1.29, 1.82) is 0 Å². The van der Waals surface area contributed by atoms with E-state index in [-0.39, 0.29) is 17.4 Å². The molecular formula is C11H16N4O. The monoisotopic (exact) mass is 220 g/mol. The fourth-order valence-corrected chi connectivity index (χ4v) is 1.62. The number of rotatable bonds is 2. The van der Waals surface area contributed by atoms with Crippen LogP contribution >= 0.6 is 0 Å². The number of fused-ring (bicyclic) bond motifs is 1. The van der Waals surface area contributed by atoms with Crippen LogP contribution in [0.25, 0.3) is 11.0 Å². The number of nitrogens with zero attached hydrogens (tertiary/aromatic N) is 2. The molecule has 0 amide bonds. The zero-order chi connectivity index (χ0) is 11.9. The molecule has 86 valence electrons. The summed E-state index contributed by atoms with van der Waals surface area (Å²) in [6.07, 6.45) is 0. The van der Waals surface area contributed by atoms with Crippen LogP contribution in [0.1, 0.15) is 51.0 Å². The molecule has 0 spiro atoms. The zero-order valence-corrected chi connectivity index (χ0v) is 9.96. The van der Waals surface area contributed by atoms with Crippen LogP contribution in [0, 0.1) is 0 Å². The molecule has 0 aliphatic carbocycles. The van der Waals surface area contributed by atoms with E-state index in [1.807, 2.05) is 27.7 Å². The molecule has 2 rings (SSSR count). The Labute approximate surface area is 93.3 Å². The summed E-state index contributed by atoms with van der Waals surface area (Å²) in [5.41, 5.74) is 1.84. The molecule has 0 bridgehead atoms. The highest BCUT2D eigenvalue weighted by molar-refractivity contribution is 5.76. The van der Waals surface area contributed by atoms with E-state index in [0.29, 0.717) is 16.9 Å². The largest absolute Gasteiger partial charge is 0.308 e. The van der Waals surface area contributed by atoms with Gasteiger partial charge in [0.1, 0.15) is 11.3 Å². The quantitative estimate of drug-likeness (QED) is 0.811. The first-order chi connectivity index (χ1) is 7.50. The summed E-state index contributed by atoms with van der Waals surface area (Å²) in [6.45, 7) is 8.09. The molecule has 2 N–H and O–H groups in total. The highest BCUT2D eigenvalue weighted by Crippen LogP contribution is 2.19. The molecule has 0 aliphatic heterocycles. The molecule has 2 aromatic heterocycles. The lowest BCUT2D eigenvalue weighted by molar-refractivity contribution is 0.772. The van der Waals surface area contributed by atoms with Crippen LogP contribution in [0.5, 0.6) is 0 Å². The van der Waals surface area contributed by atoms with Crippen molar-refractivity contribution in [3.8, 4) is 0 Å². The first kappa shape index (κ1) is 10.9. The molecule has 0 atom stereocenters. The summed E-state index contributed by atoms with van der Waals surface area (Å²) in [4.78, 5) is 19.0. The maximum absolute atomic E-state index is 11.8. The zero-order valence-electron chi connectivity index (χ0n) is 9.96. The smallest absolute Gasteiger partial charge is 0.279 e. The molecule has 0 fully saturated rings. The van der Waals surface area contributed by atoms with Crippen molar-refractivity contribution in [2.75, 3.05) is 0 Å². The van der Waals surface area contributed by atoms with Gasteiger partial charge in [0.15, 0.2) is 5.52 Å². The minimum atomic E-state index is -0.170. The topological polar surface area (TPSA) is 74.4 Å². The van der Waals surface area contributed by atoms with Gasteiger partial charge in [-0.1, -0.05) is 27.7 Å². The molecular weight excluding hydrogens is 204 g/mol. The molecule has 0 saturated carbocycles. The predicted molar refractivity (Wildman–Crippen MR) is 62.7 cm³/mol. The van der Waals surface area contributed by atoms with Gasteiger partial charge in [-0.25, -0.2) is 4.98 Å². The third-order valence-corrected chi connectivity index (χ3v) is 2.58. The standard InChI is InChI=1S/C11H16N4O/c1-5(2)7-8-9(15-14-7)11(16)13-10(12-8)6(3)4/h5-6H,1-4H3,(H,14,15)(H,12,13,16). The van der Waals surface area contributed by atoms with Gasteiger partial charge in [-0.2, -0.15) is 5.10 Å². The molecule has 0 saturated heterocycles. The Balaban J connectivity index is 2.76. The maximum atomic E-state index is 11.8. The van der Waals surface area contributed by atoms with E-state index in [9.17, 15) is 4.79 Å². The van der Waals surface area contributed by atoms with E-state index in [2.05, 4.69) is 20.2 Å². The number of hydrogen-bond donors (Lipinski definition) is 2. The number of nitrogens with one attached hydrogen (secondary N) is 2. The van der Waals surface area contributed by atoms with Crippen LogP contribution in [0.15, 0.2) is 4.79 Å². The lowest BCUT2D eigenvalue weighted by Gasteiger charge is -2.05. The van der Waals surface area contributed by atoms with Crippen LogP contribution in [-0.4, -0.2) is 20.2 Å². The average molecular weight is 220 g/mol. The van der Waals surface area contributed by atoms with Gasteiger partial charge in [-0.05, 0) is 5.92 Å². The van der Waals surface area contributed by atoms with Crippen molar-refractivity contribution in [1.82, 2.24) is 20.2 Å². The van der Waals surface area contributed by atoms with Gasteiger partial charge in [0.05, 0.1) is 5.69 Å². The van der Waals surface area contributed by atoms with Crippen molar-refractivity contribution in [2.45, 2.75) is 39.5 Å². The fourth-order valence-electron chi connectivity index (χ4n) is 1.62. The molecule has 5 heteroatoms. The van der Waals surface area contributed by atoms with Crippen LogP contribution in [0.4, 0.5) is 0 Å². The molecule has 0 unspecified atom stereocenters. The van der Waals surface area contributed by atoms with E-state index in [0.717, 1.165) is 5.69 Å². The minimum Gasteiger partial charge on any atom is -0.308 e. The van der Waals surface area contributed by atoms with E-state index in [1.165, 1.54) is 0 Å². The fraction of sp³-hybridized carbons (Fsp3) is 0.545. The van der Waals surface area contributed by atoms with Crippen LogP contribution in [0.2, 0.25) is 0 Å². The normalized spacial score (nSPS) is 11.9. The highest BCUT2D eigenvalue weighted by atomic mass is 16.1. The number of H-pyrrole nitrogens is 2. The summed E-state index contributed by atoms with van der Waals surface area (Å²) in [5, 5.41) is 6.90. The lowest BCUT2D eigenvalue weighted by atomic mass is 10.1. The Morgan fingerprint density at radius 3 is 2.31 bits per heavy atom. The molecule has 2 aromatic rings. The van der Waals surface area contributed by atoms with Gasteiger partial charge >= 0.3 is 0 Å². The van der Waals surface area contributed by atoms with Crippen molar-refractivity contribution in [2.24, 2.45) is 0 Å².